The third kappa shape index (κ3) is 2.60. The van der Waals surface area contributed by atoms with E-state index >= 15 is 0 Å². The molecule has 4 nitrogen and oxygen atoms in total. The quantitative estimate of drug-likeness (QED) is 0.871. The molecule has 1 aromatic heterocycles. The van der Waals surface area contributed by atoms with Crippen LogP contribution in [0.5, 0.6) is 0 Å². The van der Waals surface area contributed by atoms with E-state index in [2.05, 4.69) is 21.4 Å². The van der Waals surface area contributed by atoms with Gasteiger partial charge in [0.25, 0.3) is 5.91 Å². The third-order valence-corrected chi connectivity index (χ3v) is 5.45. The molecule has 6 heteroatoms. The maximum absolute atomic E-state index is 12.4. The van der Waals surface area contributed by atoms with Crippen LogP contribution in [-0.2, 0) is 4.79 Å². The number of hydrogen-bond donors (Lipinski definition) is 2. The van der Waals surface area contributed by atoms with Gasteiger partial charge in [-0.15, -0.1) is 0 Å². The molecule has 116 valence electrons. The molecule has 2 atom stereocenters. The van der Waals surface area contributed by atoms with Crippen molar-refractivity contribution in [3.63, 3.8) is 0 Å². The Labute approximate surface area is 142 Å². The molecule has 2 aliphatic rings. The highest BCUT2D eigenvalue weighted by Gasteiger charge is 2.32. The number of hydrogen-bond acceptors (Lipinski definition) is 3. The lowest BCUT2D eigenvalue weighted by Crippen LogP contribution is -2.44. The summed E-state index contributed by atoms with van der Waals surface area (Å²) in [5.74, 6) is 0.159. The number of imidazole rings is 1. The van der Waals surface area contributed by atoms with Crippen LogP contribution in [0.3, 0.4) is 0 Å². The predicted octanol–water partition coefficient (Wildman–Crippen LogP) is 3.82. The molecule has 2 heterocycles. The number of aromatic nitrogens is 2. The van der Waals surface area contributed by atoms with Gasteiger partial charge in [-0.1, -0.05) is 35.9 Å². The van der Waals surface area contributed by atoms with E-state index in [1.807, 2.05) is 37.3 Å². The molecule has 1 aliphatic heterocycles. The van der Waals surface area contributed by atoms with Crippen molar-refractivity contribution in [3.8, 4) is 0 Å². The Morgan fingerprint density at radius 1 is 1.26 bits per heavy atom. The molecule has 0 bridgehead atoms. The summed E-state index contributed by atoms with van der Waals surface area (Å²) < 4.78 is 0. The number of amides is 1. The number of carbonyl (C=O) groups is 1. The Morgan fingerprint density at radius 3 is 2.96 bits per heavy atom. The minimum Gasteiger partial charge on any atom is -0.344 e. The van der Waals surface area contributed by atoms with Crippen LogP contribution in [-0.4, -0.2) is 21.9 Å². The monoisotopic (exact) mass is 343 g/mol. The number of benzene rings is 1. The Balaban J connectivity index is 1.69. The molecule has 2 N–H and O–H groups in total. The average Bonchev–Trinajstić information content (AvgIpc) is 2.93. The van der Waals surface area contributed by atoms with Gasteiger partial charge in [0.1, 0.15) is 0 Å². The maximum Gasteiger partial charge on any atom is 0.258 e. The first-order chi connectivity index (χ1) is 11.1. The molecule has 0 fully saturated rings. The fourth-order valence-corrected chi connectivity index (χ4v) is 4.06. The first-order valence-electron chi connectivity index (χ1n) is 7.31. The molecule has 1 aliphatic carbocycles. The number of nitrogens with zero attached hydrogens (tertiary/aromatic N) is 1. The molecule has 4 rings (SSSR count). The Kier molecular flexibility index (Phi) is 3.54. The van der Waals surface area contributed by atoms with E-state index in [0.29, 0.717) is 15.1 Å². The van der Waals surface area contributed by atoms with Gasteiger partial charge in [-0.25, -0.2) is 4.98 Å². The Bertz CT molecular complexity index is 896. The highest BCUT2D eigenvalue weighted by atomic mass is 35.5. The van der Waals surface area contributed by atoms with Gasteiger partial charge < -0.3 is 10.3 Å². The Hall–Kier alpha value is -1.98. The molecule has 0 saturated carbocycles. The van der Waals surface area contributed by atoms with Crippen molar-refractivity contribution in [1.82, 2.24) is 15.3 Å². The molecule has 1 aromatic carbocycles. The molecule has 2 unspecified atom stereocenters. The number of thioether (sulfide) groups is 1. The van der Waals surface area contributed by atoms with Crippen LogP contribution in [0.2, 0.25) is 5.02 Å². The first kappa shape index (κ1) is 14.6. The van der Waals surface area contributed by atoms with Gasteiger partial charge >= 0.3 is 0 Å². The summed E-state index contributed by atoms with van der Waals surface area (Å²) in [7, 11) is 0. The fourth-order valence-electron chi connectivity index (χ4n) is 2.94. The lowest BCUT2D eigenvalue weighted by Gasteiger charge is -2.32. The van der Waals surface area contributed by atoms with Crippen LogP contribution < -0.4 is 5.32 Å². The second-order valence-corrected chi connectivity index (χ2v) is 7.05. The van der Waals surface area contributed by atoms with Crippen molar-refractivity contribution in [2.75, 3.05) is 0 Å². The van der Waals surface area contributed by atoms with Gasteiger partial charge in [0.15, 0.2) is 5.16 Å². The molecule has 23 heavy (non-hydrogen) atoms. The van der Waals surface area contributed by atoms with E-state index in [1.54, 1.807) is 6.07 Å². The van der Waals surface area contributed by atoms with Gasteiger partial charge in [0.2, 0.25) is 0 Å². The number of nitrogens with one attached hydrogen (secondary N) is 2. The van der Waals surface area contributed by atoms with Crippen molar-refractivity contribution in [3.05, 3.63) is 58.0 Å². The summed E-state index contributed by atoms with van der Waals surface area (Å²) in [5.41, 5.74) is 2.78. The van der Waals surface area contributed by atoms with Crippen LogP contribution in [0.25, 0.3) is 11.0 Å². The summed E-state index contributed by atoms with van der Waals surface area (Å²) in [6.45, 7) is 2.02. The largest absolute Gasteiger partial charge is 0.344 e. The van der Waals surface area contributed by atoms with Gasteiger partial charge in [-0.2, -0.15) is 0 Å². The normalized spacial score (nSPS) is 23.3. The summed E-state index contributed by atoms with van der Waals surface area (Å²) in [5, 5.41) is 4.40. The molecule has 0 spiro atoms. The molecular weight excluding hydrogens is 330 g/mol. The topological polar surface area (TPSA) is 57.8 Å². The van der Waals surface area contributed by atoms with Crippen LogP contribution in [0.4, 0.5) is 0 Å². The summed E-state index contributed by atoms with van der Waals surface area (Å²) in [6.07, 6.45) is 8.14. The maximum atomic E-state index is 12.4. The van der Waals surface area contributed by atoms with E-state index in [4.69, 9.17) is 11.6 Å². The van der Waals surface area contributed by atoms with Crippen molar-refractivity contribution in [2.24, 2.45) is 5.92 Å². The van der Waals surface area contributed by atoms with Gasteiger partial charge in [0, 0.05) is 10.9 Å². The van der Waals surface area contributed by atoms with E-state index < -0.39 is 0 Å². The second kappa shape index (κ2) is 5.58. The molecule has 1 amide bonds. The zero-order valence-corrected chi connectivity index (χ0v) is 13.9. The number of carbonyl (C=O) groups excluding carboxylic acids is 1. The predicted molar refractivity (Wildman–Crippen MR) is 93.4 cm³/mol. The smallest absolute Gasteiger partial charge is 0.258 e. The SMILES string of the molecule is CC1=C(Sc2nc3ccc(Cl)cc3[nH]2)C(=O)NC2C=CC=CC12. The molecule has 0 saturated heterocycles. The van der Waals surface area contributed by atoms with Crippen molar-refractivity contribution in [2.45, 2.75) is 18.1 Å². The first-order valence-corrected chi connectivity index (χ1v) is 8.51. The minimum absolute atomic E-state index is 0.0475. The third-order valence-electron chi connectivity index (χ3n) is 4.12. The average molecular weight is 344 g/mol. The number of halogens is 1. The van der Waals surface area contributed by atoms with Crippen molar-refractivity contribution >= 4 is 40.3 Å². The number of H-pyrrole nitrogens is 1. The number of rotatable bonds is 2. The molecule has 0 radical (unpaired) electrons. The van der Waals surface area contributed by atoms with E-state index in [1.165, 1.54) is 11.8 Å². The highest BCUT2D eigenvalue weighted by molar-refractivity contribution is 8.03. The van der Waals surface area contributed by atoms with Crippen molar-refractivity contribution in [1.29, 1.82) is 0 Å². The fraction of sp³-hybridized carbons (Fsp3) is 0.176. The van der Waals surface area contributed by atoms with Gasteiger partial charge in [0.05, 0.1) is 22.0 Å². The van der Waals surface area contributed by atoms with E-state index in [0.717, 1.165) is 16.6 Å². The lowest BCUT2D eigenvalue weighted by atomic mass is 9.86. The number of aromatic amines is 1. The van der Waals surface area contributed by atoms with Crippen LogP contribution in [0.1, 0.15) is 6.92 Å². The number of allylic oxidation sites excluding steroid dienone is 2. The lowest BCUT2D eigenvalue weighted by molar-refractivity contribution is -0.117. The van der Waals surface area contributed by atoms with Crippen LogP contribution >= 0.6 is 23.4 Å². The minimum atomic E-state index is -0.0489. The zero-order chi connectivity index (χ0) is 16.0. The van der Waals surface area contributed by atoms with E-state index in [9.17, 15) is 4.79 Å². The van der Waals surface area contributed by atoms with Gasteiger partial charge in [-0.05, 0) is 42.5 Å². The van der Waals surface area contributed by atoms with Crippen LogP contribution in [0.15, 0.2) is 58.1 Å². The van der Waals surface area contributed by atoms with Crippen molar-refractivity contribution < 1.29 is 4.79 Å². The van der Waals surface area contributed by atoms with Gasteiger partial charge in [-0.3, -0.25) is 4.79 Å². The summed E-state index contributed by atoms with van der Waals surface area (Å²) >= 11 is 7.37. The van der Waals surface area contributed by atoms with Crippen LogP contribution in [0, 0.1) is 5.92 Å². The summed E-state index contributed by atoms with van der Waals surface area (Å²) in [4.78, 5) is 20.9. The zero-order valence-electron chi connectivity index (χ0n) is 12.3. The number of fused-ring (bicyclic) bond motifs is 2. The van der Waals surface area contributed by atoms with E-state index in [-0.39, 0.29) is 17.9 Å². The molecule has 2 aromatic rings. The highest BCUT2D eigenvalue weighted by Crippen LogP contribution is 2.36. The molecular formula is C17H14ClN3OS. The second-order valence-electron chi connectivity index (χ2n) is 5.61. The standard InChI is InChI=1S/C17H14ClN3OS/c1-9-11-4-2-3-5-12(11)19-16(22)15(9)23-17-20-13-7-6-10(18)8-14(13)21-17/h2-8,11-12H,1H3,(H,19,22)(H,20,21). The Morgan fingerprint density at radius 2 is 2.09 bits per heavy atom. The summed E-state index contributed by atoms with van der Waals surface area (Å²) in [6, 6.07) is 5.55.